The van der Waals surface area contributed by atoms with E-state index in [-0.39, 0.29) is 18.0 Å². The Labute approximate surface area is 158 Å². The van der Waals surface area contributed by atoms with Crippen LogP contribution in [-0.2, 0) is 17.9 Å². The van der Waals surface area contributed by atoms with Crippen molar-refractivity contribution in [2.75, 3.05) is 0 Å². The lowest BCUT2D eigenvalue weighted by Crippen LogP contribution is -2.43. The van der Waals surface area contributed by atoms with Crippen molar-refractivity contribution in [3.8, 4) is 0 Å². The van der Waals surface area contributed by atoms with E-state index in [0.29, 0.717) is 6.54 Å². The minimum absolute atomic E-state index is 0.0118. The highest BCUT2D eigenvalue weighted by Gasteiger charge is 2.29. The molecule has 1 amide bonds. The second-order valence-electron chi connectivity index (χ2n) is 7.02. The third kappa shape index (κ3) is 3.70. The van der Waals surface area contributed by atoms with Crippen molar-refractivity contribution in [1.29, 1.82) is 0 Å². The lowest BCUT2D eigenvalue weighted by molar-refractivity contribution is -0.123. The average molecular weight is 364 g/mol. The third-order valence-corrected chi connectivity index (χ3v) is 5.09. The van der Waals surface area contributed by atoms with Crippen LogP contribution >= 0.6 is 0 Å². The van der Waals surface area contributed by atoms with Gasteiger partial charge < -0.3 is 9.88 Å². The van der Waals surface area contributed by atoms with Crippen molar-refractivity contribution in [2.24, 2.45) is 0 Å². The number of hydrazine groups is 1. The van der Waals surface area contributed by atoms with Gasteiger partial charge in [-0.25, -0.2) is 10.4 Å². The molecule has 1 fully saturated rings. The van der Waals surface area contributed by atoms with Gasteiger partial charge in [0.1, 0.15) is 11.9 Å². The molecule has 7 heteroatoms. The highest BCUT2D eigenvalue weighted by Crippen LogP contribution is 2.18. The number of pyridine rings is 1. The van der Waals surface area contributed by atoms with Gasteiger partial charge in [0.25, 0.3) is 0 Å². The van der Waals surface area contributed by atoms with Crippen molar-refractivity contribution < 1.29 is 4.79 Å². The molecule has 27 heavy (non-hydrogen) atoms. The number of nitrogens with one attached hydrogen (secondary N) is 3. The maximum absolute atomic E-state index is 12.5. The largest absolute Gasteiger partial charge is 0.349 e. The van der Waals surface area contributed by atoms with E-state index in [2.05, 4.69) is 36.8 Å². The van der Waals surface area contributed by atoms with E-state index in [1.807, 2.05) is 44.2 Å². The molecule has 0 aliphatic carbocycles. The molecular weight excluding hydrogens is 340 g/mol. The predicted octanol–water partition coefficient (Wildman–Crippen LogP) is 1.60. The fraction of sp³-hybridized carbons (Fsp3) is 0.350. The van der Waals surface area contributed by atoms with Gasteiger partial charge in [0.05, 0.1) is 23.3 Å². The minimum atomic E-state index is -0.255. The lowest BCUT2D eigenvalue weighted by Gasteiger charge is -2.13. The van der Waals surface area contributed by atoms with E-state index in [1.165, 1.54) is 0 Å². The number of benzene rings is 1. The Kier molecular flexibility index (Phi) is 4.87. The zero-order valence-corrected chi connectivity index (χ0v) is 15.6. The maximum Gasteiger partial charge on any atom is 0.238 e. The van der Waals surface area contributed by atoms with Gasteiger partial charge in [-0.3, -0.25) is 15.2 Å². The van der Waals surface area contributed by atoms with Gasteiger partial charge in [-0.1, -0.05) is 18.2 Å². The van der Waals surface area contributed by atoms with Crippen molar-refractivity contribution in [1.82, 2.24) is 30.7 Å². The predicted molar refractivity (Wildman–Crippen MR) is 104 cm³/mol. The van der Waals surface area contributed by atoms with Crippen LogP contribution in [0.4, 0.5) is 0 Å². The number of amides is 1. The molecular formula is C20H24N6O. The zero-order chi connectivity index (χ0) is 18.8. The molecule has 0 saturated carbocycles. The van der Waals surface area contributed by atoms with E-state index in [9.17, 15) is 4.79 Å². The minimum Gasteiger partial charge on any atom is -0.349 e. The standard InChI is InChI=1S/C20H24N6O/c1-13-6-5-9-21-18(13)11-22-20(27)17-10-15(24-25-17)12-26-14(2)23-16-7-3-4-8-19(16)26/h3-9,15,17,24-25H,10-12H2,1-2H3,(H,22,27). The molecule has 0 radical (unpaired) electrons. The van der Waals surface area contributed by atoms with Crippen LogP contribution < -0.4 is 16.2 Å². The lowest BCUT2D eigenvalue weighted by atomic mass is 10.1. The Morgan fingerprint density at radius 1 is 1.22 bits per heavy atom. The molecule has 3 N–H and O–H groups in total. The van der Waals surface area contributed by atoms with E-state index >= 15 is 0 Å². The topological polar surface area (TPSA) is 83.9 Å². The summed E-state index contributed by atoms with van der Waals surface area (Å²) in [4.78, 5) is 21.4. The van der Waals surface area contributed by atoms with Crippen molar-refractivity contribution in [3.63, 3.8) is 0 Å². The zero-order valence-electron chi connectivity index (χ0n) is 15.6. The van der Waals surface area contributed by atoms with E-state index in [4.69, 9.17) is 0 Å². The number of nitrogens with zero attached hydrogens (tertiary/aromatic N) is 3. The van der Waals surface area contributed by atoms with Gasteiger partial charge in [-0.15, -0.1) is 0 Å². The fourth-order valence-corrected chi connectivity index (χ4v) is 3.56. The van der Waals surface area contributed by atoms with Crippen LogP contribution in [0.25, 0.3) is 11.0 Å². The molecule has 2 unspecified atom stereocenters. The molecule has 3 heterocycles. The fourth-order valence-electron chi connectivity index (χ4n) is 3.56. The van der Waals surface area contributed by atoms with Gasteiger partial charge in [-0.2, -0.15) is 0 Å². The van der Waals surface area contributed by atoms with Crippen LogP contribution in [0, 0.1) is 13.8 Å². The Morgan fingerprint density at radius 3 is 2.93 bits per heavy atom. The molecule has 1 aromatic carbocycles. The summed E-state index contributed by atoms with van der Waals surface area (Å²) in [7, 11) is 0. The molecule has 0 bridgehead atoms. The molecule has 1 aliphatic rings. The first-order chi connectivity index (χ1) is 13.1. The molecule has 140 valence electrons. The van der Waals surface area contributed by atoms with Gasteiger partial charge in [0.2, 0.25) is 5.91 Å². The molecule has 1 aliphatic heterocycles. The molecule has 3 aromatic rings. The number of aryl methyl sites for hydroxylation is 2. The van der Waals surface area contributed by atoms with Crippen LogP contribution in [0.3, 0.4) is 0 Å². The summed E-state index contributed by atoms with van der Waals surface area (Å²) in [6.45, 7) is 5.22. The van der Waals surface area contributed by atoms with Crippen LogP contribution in [-0.4, -0.2) is 32.5 Å². The summed E-state index contributed by atoms with van der Waals surface area (Å²) in [6, 6.07) is 11.9. The summed E-state index contributed by atoms with van der Waals surface area (Å²) in [6.07, 6.45) is 2.47. The SMILES string of the molecule is Cc1cccnc1CNC(=O)C1CC(Cn2c(C)nc3ccccc32)NN1. The van der Waals surface area contributed by atoms with E-state index in [1.54, 1.807) is 6.20 Å². The number of rotatable bonds is 5. The van der Waals surface area contributed by atoms with E-state index < -0.39 is 0 Å². The maximum atomic E-state index is 12.5. The molecule has 4 rings (SSSR count). The molecule has 2 atom stereocenters. The van der Waals surface area contributed by atoms with E-state index in [0.717, 1.165) is 41.1 Å². The average Bonchev–Trinajstić information content (AvgIpc) is 3.26. The van der Waals surface area contributed by atoms with Gasteiger partial charge in [0, 0.05) is 18.8 Å². The van der Waals surface area contributed by atoms with Crippen LogP contribution in [0.1, 0.15) is 23.5 Å². The first-order valence-electron chi connectivity index (χ1n) is 9.23. The molecule has 2 aromatic heterocycles. The summed E-state index contributed by atoms with van der Waals surface area (Å²) in [5.41, 5.74) is 10.5. The number of aromatic nitrogens is 3. The molecule has 1 saturated heterocycles. The molecule has 7 nitrogen and oxygen atoms in total. The number of para-hydroxylation sites is 2. The number of carbonyl (C=O) groups is 1. The summed E-state index contributed by atoms with van der Waals surface area (Å²) < 4.78 is 2.20. The second-order valence-corrected chi connectivity index (χ2v) is 7.02. The van der Waals surface area contributed by atoms with Gasteiger partial charge in [0.15, 0.2) is 0 Å². The summed E-state index contributed by atoms with van der Waals surface area (Å²) >= 11 is 0. The van der Waals surface area contributed by atoms with Crippen LogP contribution in [0.5, 0.6) is 0 Å². The van der Waals surface area contributed by atoms with Crippen molar-refractivity contribution >= 4 is 16.9 Å². The third-order valence-electron chi connectivity index (χ3n) is 5.09. The van der Waals surface area contributed by atoms with Gasteiger partial charge >= 0.3 is 0 Å². The highest BCUT2D eigenvalue weighted by atomic mass is 16.2. The normalized spacial score (nSPS) is 19.5. The smallest absolute Gasteiger partial charge is 0.238 e. The Bertz CT molecular complexity index is 966. The monoisotopic (exact) mass is 364 g/mol. The Morgan fingerprint density at radius 2 is 2.07 bits per heavy atom. The summed E-state index contributed by atoms with van der Waals surface area (Å²) in [5.74, 6) is 0.971. The second kappa shape index (κ2) is 7.46. The molecule has 0 spiro atoms. The number of fused-ring (bicyclic) bond motifs is 1. The van der Waals surface area contributed by atoms with Crippen LogP contribution in [0.2, 0.25) is 0 Å². The number of hydrogen-bond donors (Lipinski definition) is 3. The van der Waals surface area contributed by atoms with Crippen LogP contribution in [0.15, 0.2) is 42.6 Å². The summed E-state index contributed by atoms with van der Waals surface area (Å²) in [5, 5.41) is 2.98. The Balaban J connectivity index is 1.36. The quantitative estimate of drug-likeness (QED) is 0.640. The van der Waals surface area contributed by atoms with Crippen molar-refractivity contribution in [3.05, 3.63) is 59.7 Å². The highest BCUT2D eigenvalue weighted by molar-refractivity contribution is 5.82. The number of hydrogen-bond acceptors (Lipinski definition) is 5. The van der Waals surface area contributed by atoms with Gasteiger partial charge in [-0.05, 0) is 44.0 Å². The Hall–Kier alpha value is -2.77. The first kappa shape index (κ1) is 17.6. The first-order valence-corrected chi connectivity index (χ1v) is 9.23. The van der Waals surface area contributed by atoms with Crippen molar-refractivity contribution in [2.45, 2.75) is 45.4 Å². The number of imidazole rings is 1. The number of carbonyl (C=O) groups excluding carboxylic acids is 1.